The van der Waals surface area contributed by atoms with E-state index in [4.69, 9.17) is 4.74 Å². The van der Waals surface area contributed by atoms with Crippen LogP contribution in [-0.4, -0.2) is 40.5 Å². The molecule has 3 aromatic rings. The highest BCUT2D eigenvalue weighted by Gasteiger charge is 2.26. The second kappa shape index (κ2) is 6.37. The van der Waals surface area contributed by atoms with Gasteiger partial charge in [0.05, 0.1) is 18.7 Å². The van der Waals surface area contributed by atoms with E-state index in [1.807, 2.05) is 47.4 Å². The first-order valence-electron chi connectivity index (χ1n) is 7.97. The van der Waals surface area contributed by atoms with Gasteiger partial charge in [0.25, 0.3) is 5.91 Å². The molecule has 0 N–H and O–H groups in total. The highest BCUT2D eigenvalue weighted by molar-refractivity contribution is 5.98. The SMILES string of the molecule is O=C(c1ccc2ncccc2c1)N1CCOC(c2ccncc2)C1. The molecule has 0 saturated carbocycles. The number of rotatable bonds is 2. The van der Waals surface area contributed by atoms with Crippen LogP contribution in [0.25, 0.3) is 10.9 Å². The van der Waals surface area contributed by atoms with E-state index in [-0.39, 0.29) is 12.0 Å². The van der Waals surface area contributed by atoms with Crippen molar-refractivity contribution in [2.24, 2.45) is 0 Å². The molecule has 3 heterocycles. The van der Waals surface area contributed by atoms with Crippen LogP contribution in [0.15, 0.2) is 61.1 Å². The molecule has 5 nitrogen and oxygen atoms in total. The first kappa shape index (κ1) is 14.8. The lowest BCUT2D eigenvalue weighted by molar-refractivity contribution is -0.0228. The first-order chi connectivity index (χ1) is 11.8. The Morgan fingerprint density at radius 1 is 1.12 bits per heavy atom. The Hall–Kier alpha value is -2.79. The van der Waals surface area contributed by atoms with E-state index in [0.717, 1.165) is 16.5 Å². The van der Waals surface area contributed by atoms with E-state index in [9.17, 15) is 4.79 Å². The summed E-state index contributed by atoms with van der Waals surface area (Å²) in [5, 5.41) is 0.974. The molecular formula is C19H17N3O2. The van der Waals surface area contributed by atoms with Crippen LogP contribution in [0.5, 0.6) is 0 Å². The predicted molar refractivity (Wildman–Crippen MR) is 90.6 cm³/mol. The Bertz CT molecular complexity index is 867. The summed E-state index contributed by atoms with van der Waals surface area (Å²) in [6, 6.07) is 13.4. The smallest absolute Gasteiger partial charge is 0.254 e. The molecule has 1 aliphatic heterocycles. The van der Waals surface area contributed by atoms with E-state index < -0.39 is 0 Å². The van der Waals surface area contributed by atoms with E-state index in [1.165, 1.54) is 0 Å². The summed E-state index contributed by atoms with van der Waals surface area (Å²) in [4.78, 5) is 23.0. The number of morpholine rings is 1. The number of hydrogen-bond donors (Lipinski definition) is 0. The van der Waals surface area contributed by atoms with Gasteiger partial charge in [0, 0.05) is 36.1 Å². The first-order valence-corrected chi connectivity index (χ1v) is 7.97. The quantitative estimate of drug-likeness (QED) is 0.729. The average Bonchev–Trinajstić information content (AvgIpc) is 2.68. The van der Waals surface area contributed by atoms with Crippen LogP contribution in [0, 0.1) is 0 Å². The molecule has 1 unspecified atom stereocenters. The third-order valence-electron chi connectivity index (χ3n) is 4.28. The van der Waals surface area contributed by atoms with Gasteiger partial charge in [-0.1, -0.05) is 6.07 Å². The van der Waals surface area contributed by atoms with E-state index >= 15 is 0 Å². The molecule has 5 heteroatoms. The molecule has 1 saturated heterocycles. The molecule has 2 aromatic heterocycles. The van der Waals surface area contributed by atoms with Gasteiger partial charge >= 0.3 is 0 Å². The van der Waals surface area contributed by atoms with Crippen LogP contribution in [0.1, 0.15) is 22.0 Å². The lowest BCUT2D eigenvalue weighted by Gasteiger charge is -2.33. The molecular weight excluding hydrogens is 302 g/mol. The van der Waals surface area contributed by atoms with Crippen molar-refractivity contribution in [2.45, 2.75) is 6.10 Å². The van der Waals surface area contributed by atoms with Crippen LogP contribution in [0.2, 0.25) is 0 Å². The molecule has 1 aromatic carbocycles. The minimum Gasteiger partial charge on any atom is -0.370 e. The van der Waals surface area contributed by atoms with Crippen LogP contribution in [0.3, 0.4) is 0 Å². The topological polar surface area (TPSA) is 55.3 Å². The molecule has 0 spiro atoms. The van der Waals surface area contributed by atoms with Gasteiger partial charge in [-0.25, -0.2) is 0 Å². The molecule has 0 aliphatic carbocycles. The van der Waals surface area contributed by atoms with Crippen molar-refractivity contribution < 1.29 is 9.53 Å². The Morgan fingerprint density at radius 2 is 2.00 bits per heavy atom. The Morgan fingerprint density at radius 3 is 2.88 bits per heavy atom. The van der Waals surface area contributed by atoms with Crippen LogP contribution in [-0.2, 0) is 4.74 Å². The van der Waals surface area contributed by atoms with Gasteiger partial charge < -0.3 is 9.64 Å². The molecule has 24 heavy (non-hydrogen) atoms. The maximum atomic E-state index is 12.9. The highest BCUT2D eigenvalue weighted by Crippen LogP contribution is 2.23. The maximum Gasteiger partial charge on any atom is 0.254 e. The highest BCUT2D eigenvalue weighted by atomic mass is 16.5. The summed E-state index contributed by atoms with van der Waals surface area (Å²) >= 11 is 0. The van der Waals surface area contributed by atoms with Crippen molar-refractivity contribution in [1.29, 1.82) is 0 Å². The molecule has 1 aliphatic rings. The largest absolute Gasteiger partial charge is 0.370 e. The van der Waals surface area contributed by atoms with Gasteiger partial charge in [0.15, 0.2) is 0 Å². The number of amides is 1. The second-order valence-electron chi connectivity index (χ2n) is 5.80. The maximum absolute atomic E-state index is 12.9. The van der Waals surface area contributed by atoms with E-state index in [2.05, 4.69) is 9.97 Å². The van der Waals surface area contributed by atoms with Gasteiger partial charge in [-0.05, 0) is 42.0 Å². The third kappa shape index (κ3) is 2.86. The summed E-state index contributed by atoms with van der Waals surface area (Å²) in [6.07, 6.45) is 5.14. The van der Waals surface area contributed by atoms with Crippen molar-refractivity contribution >= 4 is 16.8 Å². The minimum absolute atomic E-state index is 0.0307. The Balaban J connectivity index is 1.56. The second-order valence-corrected chi connectivity index (χ2v) is 5.80. The lowest BCUT2D eigenvalue weighted by Crippen LogP contribution is -2.42. The number of pyridine rings is 2. The Labute approximate surface area is 139 Å². The van der Waals surface area contributed by atoms with Crippen molar-refractivity contribution in [3.8, 4) is 0 Å². The minimum atomic E-state index is -0.104. The number of hydrogen-bond acceptors (Lipinski definition) is 4. The summed E-state index contributed by atoms with van der Waals surface area (Å²) in [5.74, 6) is 0.0307. The molecule has 0 bridgehead atoms. The van der Waals surface area contributed by atoms with Crippen LogP contribution < -0.4 is 0 Å². The van der Waals surface area contributed by atoms with Gasteiger partial charge in [0.2, 0.25) is 0 Å². The van der Waals surface area contributed by atoms with Gasteiger partial charge in [-0.2, -0.15) is 0 Å². The van der Waals surface area contributed by atoms with E-state index in [0.29, 0.717) is 25.3 Å². The average molecular weight is 319 g/mol. The summed E-state index contributed by atoms with van der Waals surface area (Å²) < 4.78 is 5.82. The van der Waals surface area contributed by atoms with Crippen molar-refractivity contribution in [3.05, 3.63) is 72.2 Å². The summed E-state index contributed by atoms with van der Waals surface area (Å²) in [6.45, 7) is 1.69. The molecule has 0 radical (unpaired) electrons. The number of carbonyl (C=O) groups is 1. The van der Waals surface area contributed by atoms with Crippen molar-refractivity contribution in [3.63, 3.8) is 0 Å². The zero-order valence-corrected chi connectivity index (χ0v) is 13.1. The monoisotopic (exact) mass is 319 g/mol. The molecule has 1 atom stereocenters. The van der Waals surface area contributed by atoms with Gasteiger partial charge in [-0.15, -0.1) is 0 Å². The van der Waals surface area contributed by atoms with E-state index in [1.54, 1.807) is 18.6 Å². The lowest BCUT2D eigenvalue weighted by atomic mass is 10.1. The zero-order chi connectivity index (χ0) is 16.4. The molecule has 1 fully saturated rings. The number of ether oxygens (including phenoxy) is 1. The van der Waals surface area contributed by atoms with Crippen LogP contribution in [0.4, 0.5) is 0 Å². The normalized spacial score (nSPS) is 17.8. The summed E-state index contributed by atoms with van der Waals surface area (Å²) in [5.41, 5.74) is 2.63. The fourth-order valence-electron chi connectivity index (χ4n) is 3.00. The Kier molecular flexibility index (Phi) is 3.92. The van der Waals surface area contributed by atoms with Gasteiger partial charge in [0.1, 0.15) is 6.10 Å². The molecule has 4 rings (SSSR count). The number of aromatic nitrogens is 2. The number of benzene rings is 1. The predicted octanol–water partition coefficient (Wildman–Crippen LogP) is 2.84. The standard InChI is InChI=1S/C19H17N3O2/c23-19(16-3-4-17-15(12-16)2-1-7-21-17)22-10-11-24-18(13-22)14-5-8-20-9-6-14/h1-9,12,18H,10-11,13H2. The number of carbonyl (C=O) groups excluding carboxylic acids is 1. The number of nitrogens with zero attached hydrogens (tertiary/aromatic N) is 3. The molecule has 1 amide bonds. The van der Waals surface area contributed by atoms with Crippen molar-refractivity contribution in [1.82, 2.24) is 14.9 Å². The zero-order valence-electron chi connectivity index (χ0n) is 13.1. The summed E-state index contributed by atoms with van der Waals surface area (Å²) in [7, 11) is 0. The van der Waals surface area contributed by atoms with Crippen molar-refractivity contribution in [2.75, 3.05) is 19.7 Å². The number of fused-ring (bicyclic) bond motifs is 1. The van der Waals surface area contributed by atoms with Crippen LogP contribution >= 0.6 is 0 Å². The fraction of sp³-hybridized carbons (Fsp3) is 0.211. The third-order valence-corrected chi connectivity index (χ3v) is 4.28. The molecule has 120 valence electrons. The fourth-order valence-corrected chi connectivity index (χ4v) is 3.00. The van der Waals surface area contributed by atoms with Gasteiger partial charge in [-0.3, -0.25) is 14.8 Å².